The Labute approximate surface area is 127 Å². The lowest BCUT2D eigenvalue weighted by molar-refractivity contribution is 0.637. The van der Waals surface area contributed by atoms with Gasteiger partial charge in [-0.2, -0.15) is 0 Å². The first-order valence-electron chi connectivity index (χ1n) is 7.57. The second kappa shape index (κ2) is 6.19. The first-order chi connectivity index (χ1) is 10.3. The largest absolute Gasteiger partial charge is 0.377 e. The Balaban J connectivity index is 1.91. The van der Waals surface area contributed by atoms with Gasteiger partial charge in [0.2, 0.25) is 0 Å². The summed E-state index contributed by atoms with van der Waals surface area (Å²) in [6.07, 6.45) is 1.10. The second-order valence-electron chi connectivity index (χ2n) is 5.77. The fourth-order valence-electron chi connectivity index (χ4n) is 2.98. The summed E-state index contributed by atoms with van der Waals surface area (Å²) in [5.74, 6) is 0. The molecule has 110 valence electrons. The highest BCUT2D eigenvalue weighted by Crippen LogP contribution is 2.31. The van der Waals surface area contributed by atoms with Gasteiger partial charge in [0.05, 0.1) is 17.4 Å². The van der Waals surface area contributed by atoms with E-state index >= 15 is 0 Å². The van der Waals surface area contributed by atoms with E-state index < -0.39 is 0 Å². The minimum atomic E-state index is 0.359. The zero-order valence-electron chi connectivity index (χ0n) is 12.8. The molecular formula is C18H23N3. The number of hydrogen-bond donors (Lipinski definition) is 2. The van der Waals surface area contributed by atoms with Gasteiger partial charge in [-0.3, -0.25) is 0 Å². The monoisotopic (exact) mass is 281 g/mol. The molecule has 0 fully saturated rings. The highest BCUT2D eigenvalue weighted by Gasteiger charge is 2.18. The van der Waals surface area contributed by atoms with E-state index in [0.29, 0.717) is 6.04 Å². The normalized spacial score (nSPS) is 17.7. The molecule has 0 bridgehead atoms. The first-order valence-corrected chi connectivity index (χ1v) is 7.57. The van der Waals surface area contributed by atoms with Crippen LogP contribution in [0.2, 0.25) is 0 Å². The summed E-state index contributed by atoms with van der Waals surface area (Å²) in [5, 5.41) is 7.25. The third-order valence-electron chi connectivity index (χ3n) is 4.07. The number of hydrogen-bond acceptors (Lipinski definition) is 3. The molecule has 0 saturated carbocycles. The molecule has 0 spiro atoms. The van der Waals surface area contributed by atoms with Gasteiger partial charge < -0.3 is 15.5 Å². The number of rotatable bonds is 3. The van der Waals surface area contributed by atoms with E-state index in [9.17, 15) is 0 Å². The van der Waals surface area contributed by atoms with E-state index in [-0.39, 0.29) is 0 Å². The fraction of sp³-hybridized carbons (Fsp3) is 0.333. The van der Waals surface area contributed by atoms with Crippen LogP contribution >= 0.6 is 0 Å². The fourth-order valence-corrected chi connectivity index (χ4v) is 2.98. The van der Waals surface area contributed by atoms with Crippen LogP contribution in [0.1, 0.15) is 23.6 Å². The van der Waals surface area contributed by atoms with Crippen LogP contribution < -0.4 is 15.5 Å². The molecule has 0 aromatic heterocycles. The topological polar surface area (TPSA) is 27.3 Å². The van der Waals surface area contributed by atoms with Crippen LogP contribution in [0.25, 0.3) is 0 Å². The molecular weight excluding hydrogens is 258 g/mol. The number of nitrogens with zero attached hydrogens (tertiary/aromatic N) is 1. The van der Waals surface area contributed by atoms with E-state index in [1.165, 1.54) is 22.5 Å². The summed E-state index contributed by atoms with van der Waals surface area (Å²) in [6.45, 7) is 2.00. The van der Waals surface area contributed by atoms with Gasteiger partial charge in [0, 0.05) is 20.6 Å². The zero-order chi connectivity index (χ0) is 14.7. The van der Waals surface area contributed by atoms with Gasteiger partial charge in [-0.05, 0) is 36.2 Å². The van der Waals surface area contributed by atoms with Gasteiger partial charge in [0.25, 0.3) is 0 Å². The number of nitrogens with one attached hydrogen (secondary N) is 2. The SMILES string of the molecule is CN(C)c1ccccc1NC1CCNCc2ccccc21. The van der Waals surface area contributed by atoms with Crippen molar-refractivity contribution in [2.45, 2.75) is 19.0 Å². The van der Waals surface area contributed by atoms with Crippen LogP contribution in [0.4, 0.5) is 11.4 Å². The van der Waals surface area contributed by atoms with Crippen LogP contribution in [-0.4, -0.2) is 20.6 Å². The van der Waals surface area contributed by atoms with Crippen molar-refractivity contribution < 1.29 is 0 Å². The van der Waals surface area contributed by atoms with Crippen LogP contribution in [0.5, 0.6) is 0 Å². The summed E-state index contributed by atoms with van der Waals surface area (Å²) in [6, 6.07) is 17.6. The van der Waals surface area contributed by atoms with Crippen molar-refractivity contribution in [3.63, 3.8) is 0 Å². The van der Waals surface area contributed by atoms with Crippen LogP contribution in [0.15, 0.2) is 48.5 Å². The van der Waals surface area contributed by atoms with Gasteiger partial charge in [-0.15, -0.1) is 0 Å². The van der Waals surface area contributed by atoms with Crippen molar-refractivity contribution in [1.29, 1.82) is 0 Å². The van der Waals surface area contributed by atoms with E-state index in [2.05, 4.69) is 78.2 Å². The number of benzene rings is 2. The molecule has 1 aliphatic heterocycles. The molecule has 2 aromatic carbocycles. The van der Waals surface area contributed by atoms with Crippen LogP contribution in [0.3, 0.4) is 0 Å². The van der Waals surface area contributed by atoms with Crippen molar-refractivity contribution in [2.75, 3.05) is 30.9 Å². The summed E-state index contributed by atoms with van der Waals surface area (Å²) in [5.41, 5.74) is 5.24. The molecule has 1 atom stereocenters. The third-order valence-corrected chi connectivity index (χ3v) is 4.07. The Morgan fingerprint density at radius 2 is 1.81 bits per heavy atom. The number of para-hydroxylation sites is 2. The Morgan fingerprint density at radius 1 is 1.05 bits per heavy atom. The molecule has 3 nitrogen and oxygen atoms in total. The third kappa shape index (κ3) is 3.03. The molecule has 0 amide bonds. The van der Waals surface area contributed by atoms with E-state index in [4.69, 9.17) is 0 Å². The maximum atomic E-state index is 3.75. The molecule has 3 rings (SSSR count). The van der Waals surface area contributed by atoms with Crippen LogP contribution in [0, 0.1) is 0 Å². The summed E-state index contributed by atoms with van der Waals surface area (Å²) < 4.78 is 0. The van der Waals surface area contributed by atoms with E-state index in [1.807, 2.05) is 0 Å². The molecule has 1 aliphatic rings. The first kappa shape index (κ1) is 14.0. The highest BCUT2D eigenvalue weighted by molar-refractivity contribution is 5.70. The smallest absolute Gasteiger partial charge is 0.0596 e. The van der Waals surface area contributed by atoms with Crippen molar-refractivity contribution in [3.05, 3.63) is 59.7 Å². The average molecular weight is 281 g/mol. The highest BCUT2D eigenvalue weighted by atomic mass is 15.1. The zero-order valence-corrected chi connectivity index (χ0v) is 12.8. The molecule has 0 radical (unpaired) electrons. The standard InChI is InChI=1S/C18H23N3/c1-21(2)18-10-6-5-9-17(18)20-16-11-12-19-13-14-7-3-4-8-15(14)16/h3-10,16,19-20H,11-13H2,1-2H3. The average Bonchev–Trinajstić information content (AvgIpc) is 2.70. The van der Waals surface area contributed by atoms with E-state index in [1.54, 1.807) is 0 Å². The van der Waals surface area contributed by atoms with Gasteiger partial charge in [0.15, 0.2) is 0 Å². The van der Waals surface area contributed by atoms with Crippen molar-refractivity contribution in [3.8, 4) is 0 Å². The van der Waals surface area contributed by atoms with Gasteiger partial charge >= 0.3 is 0 Å². The Kier molecular flexibility index (Phi) is 4.11. The van der Waals surface area contributed by atoms with Gasteiger partial charge in [-0.25, -0.2) is 0 Å². The summed E-state index contributed by atoms with van der Waals surface area (Å²) in [7, 11) is 4.17. The molecule has 0 saturated heterocycles. The van der Waals surface area contributed by atoms with Gasteiger partial charge in [0.1, 0.15) is 0 Å². The summed E-state index contributed by atoms with van der Waals surface area (Å²) in [4.78, 5) is 2.16. The van der Waals surface area contributed by atoms with Crippen molar-refractivity contribution in [1.82, 2.24) is 5.32 Å². The minimum absolute atomic E-state index is 0.359. The maximum absolute atomic E-state index is 3.75. The van der Waals surface area contributed by atoms with Gasteiger partial charge in [-0.1, -0.05) is 36.4 Å². The van der Waals surface area contributed by atoms with Crippen molar-refractivity contribution >= 4 is 11.4 Å². The Morgan fingerprint density at radius 3 is 2.67 bits per heavy atom. The predicted octanol–water partition coefficient (Wildman–Crippen LogP) is 3.40. The Bertz CT molecular complexity index is 607. The second-order valence-corrected chi connectivity index (χ2v) is 5.77. The molecule has 2 N–H and O–H groups in total. The summed E-state index contributed by atoms with van der Waals surface area (Å²) >= 11 is 0. The molecule has 1 heterocycles. The molecule has 21 heavy (non-hydrogen) atoms. The predicted molar refractivity (Wildman–Crippen MR) is 89.9 cm³/mol. The number of fused-ring (bicyclic) bond motifs is 1. The molecule has 2 aromatic rings. The number of anilines is 2. The molecule has 3 heteroatoms. The van der Waals surface area contributed by atoms with Crippen molar-refractivity contribution in [2.24, 2.45) is 0 Å². The Hall–Kier alpha value is -2.00. The van der Waals surface area contributed by atoms with Crippen LogP contribution in [-0.2, 0) is 6.54 Å². The lowest BCUT2D eigenvalue weighted by Gasteiger charge is -2.24. The quantitative estimate of drug-likeness (QED) is 0.903. The minimum Gasteiger partial charge on any atom is -0.377 e. The molecule has 1 unspecified atom stereocenters. The maximum Gasteiger partial charge on any atom is 0.0596 e. The lowest BCUT2D eigenvalue weighted by Crippen LogP contribution is -2.17. The molecule has 0 aliphatic carbocycles. The lowest BCUT2D eigenvalue weighted by atomic mass is 9.99. The van der Waals surface area contributed by atoms with E-state index in [0.717, 1.165) is 19.5 Å².